The van der Waals surface area contributed by atoms with Crippen LogP contribution in [0.15, 0.2) is 51.4 Å². The summed E-state index contributed by atoms with van der Waals surface area (Å²) in [6, 6.07) is 3.87. The minimum absolute atomic E-state index is 0.285. The lowest BCUT2D eigenvalue weighted by Gasteiger charge is -1.92. The first kappa shape index (κ1) is 11.9. The normalized spacial score (nSPS) is 10.9. The van der Waals surface area contributed by atoms with Crippen molar-refractivity contribution in [3.05, 3.63) is 42.5 Å². The predicted molar refractivity (Wildman–Crippen MR) is 74.1 cm³/mol. The highest BCUT2D eigenvalue weighted by molar-refractivity contribution is 7.13. The molecule has 4 rings (SSSR count). The molecule has 0 unspecified atom stereocenters. The number of hydrogen-bond donors (Lipinski definition) is 0. The molecule has 0 aliphatic heterocycles. The molecule has 0 bridgehead atoms. The van der Waals surface area contributed by atoms with Gasteiger partial charge in [-0.05, 0) is 11.4 Å². The average Bonchev–Trinajstić information content (AvgIpc) is 3.27. The standard InChI is InChI=1S/C13H7N5O2S/c1-2-9(21-5-1)11-10(16-7-19-11)13-17-12(18-20-13)8-6-14-3-4-15-8/h1-7H. The quantitative estimate of drug-likeness (QED) is 0.574. The van der Waals surface area contributed by atoms with Gasteiger partial charge in [0, 0.05) is 12.4 Å². The van der Waals surface area contributed by atoms with E-state index in [2.05, 4.69) is 25.1 Å². The van der Waals surface area contributed by atoms with Crippen LogP contribution in [0.5, 0.6) is 0 Å². The van der Waals surface area contributed by atoms with E-state index in [0.29, 0.717) is 23.0 Å². The zero-order valence-electron chi connectivity index (χ0n) is 10.5. The van der Waals surface area contributed by atoms with E-state index < -0.39 is 0 Å². The first-order valence-corrected chi connectivity index (χ1v) is 6.87. The maximum Gasteiger partial charge on any atom is 0.280 e. The van der Waals surface area contributed by atoms with E-state index >= 15 is 0 Å². The van der Waals surface area contributed by atoms with Gasteiger partial charge in [-0.25, -0.2) is 9.97 Å². The van der Waals surface area contributed by atoms with Crippen LogP contribution < -0.4 is 0 Å². The van der Waals surface area contributed by atoms with Crippen molar-refractivity contribution in [3.63, 3.8) is 0 Å². The van der Waals surface area contributed by atoms with Crippen molar-refractivity contribution in [2.45, 2.75) is 0 Å². The molecule has 0 radical (unpaired) electrons. The molecule has 0 saturated carbocycles. The summed E-state index contributed by atoms with van der Waals surface area (Å²) in [4.78, 5) is 17.5. The largest absolute Gasteiger partial charge is 0.442 e. The third-order valence-electron chi connectivity index (χ3n) is 2.73. The van der Waals surface area contributed by atoms with E-state index in [4.69, 9.17) is 8.94 Å². The van der Waals surface area contributed by atoms with Crippen LogP contribution in [0.2, 0.25) is 0 Å². The third-order valence-corrected chi connectivity index (χ3v) is 3.60. The monoisotopic (exact) mass is 297 g/mol. The lowest BCUT2D eigenvalue weighted by molar-refractivity contribution is 0.431. The zero-order chi connectivity index (χ0) is 14.1. The molecular formula is C13H7N5O2S. The molecule has 8 heteroatoms. The van der Waals surface area contributed by atoms with Crippen molar-refractivity contribution in [2.24, 2.45) is 0 Å². The minimum atomic E-state index is 0.285. The topological polar surface area (TPSA) is 90.7 Å². The fourth-order valence-electron chi connectivity index (χ4n) is 1.82. The summed E-state index contributed by atoms with van der Waals surface area (Å²) in [5.74, 6) is 1.25. The van der Waals surface area contributed by atoms with E-state index in [1.54, 1.807) is 29.9 Å². The lowest BCUT2D eigenvalue weighted by Crippen LogP contribution is -1.86. The first-order chi connectivity index (χ1) is 10.4. The Bertz CT molecular complexity index is 854. The summed E-state index contributed by atoms with van der Waals surface area (Å²) in [7, 11) is 0. The average molecular weight is 297 g/mol. The van der Waals surface area contributed by atoms with Crippen LogP contribution in [-0.2, 0) is 0 Å². The Hall–Kier alpha value is -2.87. The molecule has 0 atom stereocenters. The Kier molecular flexibility index (Phi) is 2.79. The Labute approximate surface area is 122 Å². The molecule has 7 nitrogen and oxygen atoms in total. The van der Waals surface area contributed by atoms with Crippen LogP contribution >= 0.6 is 11.3 Å². The lowest BCUT2D eigenvalue weighted by atomic mass is 10.3. The van der Waals surface area contributed by atoms with Gasteiger partial charge in [0.15, 0.2) is 17.8 Å². The van der Waals surface area contributed by atoms with Crippen molar-refractivity contribution in [3.8, 4) is 33.7 Å². The summed E-state index contributed by atoms with van der Waals surface area (Å²) >= 11 is 1.55. The molecule has 4 heterocycles. The van der Waals surface area contributed by atoms with Crippen molar-refractivity contribution >= 4 is 11.3 Å². The Morgan fingerprint density at radius 3 is 2.95 bits per heavy atom. The van der Waals surface area contributed by atoms with Gasteiger partial charge in [-0.1, -0.05) is 11.2 Å². The molecule has 0 fully saturated rings. The van der Waals surface area contributed by atoms with Crippen LogP contribution in [0.25, 0.3) is 33.7 Å². The predicted octanol–water partition coefficient (Wildman–Crippen LogP) is 2.91. The Morgan fingerprint density at radius 1 is 1.14 bits per heavy atom. The molecule has 0 N–H and O–H groups in total. The summed E-state index contributed by atoms with van der Waals surface area (Å²) in [5, 5.41) is 5.86. The summed E-state index contributed by atoms with van der Waals surface area (Å²) < 4.78 is 10.7. The molecule has 0 amide bonds. The van der Waals surface area contributed by atoms with Gasteiger partial charge >= 0.3 is 0 Å². The second-order valence-corrected chi connectivity index (χ2v) is 4.97. The number of oxazole rings is 1. The van der Waals surface area contributed by atoms with E-state index in [-0.39, 0.29) is 5.89 Å². The molecule has 0 aliphatic carbocycles. The van der Waals surface area contributed by atoms with E-state index in [0.717, 1.165) is 4.88 Å². The Balaban J connectivity index is 1.76. The number of hydrogen-bond acceptors (Lipinski definition) is 8. The first-order valence-electron chi connectivity index (χ1n) is 5.99. The van der Waals surface area contributed by atoms with Crippen LogP contribution in [0.1, 0.15) is 0 Å². The van der Waals surface area contributed by atoms with Gasteiger partial charge in [-0.2, -0.15) is 4.98 Å². The minimum Gasteiger partial charge on any atom is -0.442 e. The second kappa shape index (κ2) is 4.91. The molecule has 0 spiro atoms. The molecule has 21 heavy (non-hydrogen) atoms. The van der Waals surface area contributed by atoms with Gasteiger partial charge in [0.2, 0.25) is 5.82 Å². The number of thiophene rings is 1. The van der Waals surface area contributed by atoms with E-state index in [1.165, 1.54) is 6.39 Å². The highest BCUT2D eigenvalue weighted by atomic mass is 32.1. The van der Waals surface area contributed by atoms with Crippen LogP contribution in [0.3, 0.4) is 0 Å². The van der Waals surface area contributed by atoms with E-state index in [9.17, 15) is 0 Å². The van der Waals surface area contributed by atoms with Crippen LogP contribution in [-0.4, -0.2) is 25.1 Å². The number of aromatic nitrogens is 5. The van der Waals surface area contributed by atoms with Crippen molar-refractivity contribution < 1.29 is 8.94 Å². The maximum absolute atomic E-state index is 5.42. The second-order valence-electron chi connectivity index (χ2n) is 4.02. The van der Waals surface area contributed by atoms with Crippen LogP contribution in [0.4, 0.5) is 0 Å². The van der Waals surface area contributed by atoms with E-state index in [1.807, 2.05) is 17.5 Å². The van der Waals surface area contributed by atoms with Gasteiger partial charge in [0.05, 0.1) is 11.1 Å². The van der Waals surface area contributed by atoms with Gasteiger partial charge in [-0.3, -0.25) is 4.98 Å². The molecule has 4 aromatic rings. The molecule has 102 valence electrons. The number of rotatable bonds is 3. The molecule has 0 saturated heterocycles. The van der Waals surface area contributed by atoms with Gasteiger partial charge in [0.25, 0.3) is 5.89 Å². The van der Waals surface area contributed by atoms with Gasteiger partial charge < -0.3 is 8.94 Å². The SMILES string of the molecule is c1csc(-c2ocnc2-c2nc(-c3cnccn3)no2)c1. The highest BCUT2D eigenvalue weighted by Crippen LogP contribution is 2.33. The van der Waals surface area contributed by atoms with Crippen molar-refractivity contribution in [1.29, 1.82) is 0 Å². The summed E-state index contributed by atoms with van der Waals surface area (Å²) in [6.07, 6.45) is 6.07. The van der Waals surface area contributed by atoms with Crippen molar-refractivity contribution in [1.82, 2.24) is 25.1 Å². The summed E-state index contributed by atoms with van der Waals surface area (Å²) in [6.45, 7) is 0. The fraction of sp³-hybridized carbons (Fsp3) is 0. The fourth-order valence-corrected chi connectivity index (χ4v) is 2.53. The molecular weight excluding hydrogens is 290 g/mol. The molecule has 0 aromatic carbocycles. The van der Waals surface area contributed by atoms with Gasteiger partial charge in [0.1, 0.15) is 5.69 Å². The van der Waals surface area contributed by atoms with Gasteiger partial charge in [-0.15, -0.1) is 11.3 Å². The zero-order valence-corrected chi connectivity index (χ0v) is 11.3. The molecule has 4 aromatic heterocycles. The van der Waals surface area contributed by atoms with Crippen molar-refractivity contribution in [2.75, 3.05) is 0 Å². The smallest absolute Gasteiger partial charge is 0.280 e. The third kappa shape index (κ3) is 2.11. The number of nitrogens with zero attached hydrogens (tertiary/aromatic N) is 5. The maximum atomic E-state index is 5.42. The highest BCUT2D eigenvalue weighted by Gasteiger charge is 2.20. The summed E-state index contributed by atoms with van der Waals surface area (Å²) in [5.41, 5.74) is 1.05. The molecule has 0 aliphatic rings. The van der Waals surface area contributed by atoms with Crippen LogP contribution in [0, 0.1) is 0 Å². The Morgan fingerprint density at radius 2 is 2.14 bits per heavy atom.